The number of hydrogen-bond acceptors (Lipinski definition) is 7. The molecule has 0 unspecified atom stereocenters. The van der Waals surface area contributed by atoms with Crippen molar-refractivity contribution in [1.82, 2.24) is 0 Å². The zero-order valence-electron chi connectivity index (χ0n) is 17.4. The number of methoxy groups -OCH3 is 2. The maximum atomic E-state index is 10.7. The van der Waals surface area contributed by atoms with Crippen molar-refractivity contribution in [3.63, 3.8) is 0 Å². The second-order valence-electron chi connectivity index (χ2n) is 6.76. The number of anilines is 3. The van der Waals surface area contributed by atoms with Gasteiger partial charge in [0, 0.05) is 29.6 Å². The van der Waals surface area contributed by atoms with E-state index in [0.717, 1.165) is 28.6 Å². The van der Waals surface area contributed by atoms with Crippen LogP contribution in [0.3, 0.4) is 0 Å². The molecule has 3 aromatic rings. The molecule has 8 heteroatoms. The Hall–Kier alpha value is -2.83. The molecule has 3 rings (SSSR count). The third-order valence-electron chi connectivity index (χ3n) is 4.60. The van der Waals surface area contributed by atoms with Gasteiger partial charge in [-0.1, -0.05) is 0 Å². The van der Waals surface area contributed by atoms with E-state index >= 15 is 0 Å². The molecule has 0 aliphatic carbocycles. The van der Waals surface area contributed by atoms with Crippen molar-refractivity contribution in [2.75, 3.05) is 31.9 Å². The van der Waals surface area contributed by atoms with Gasteiger partial charge >= 0.3 is 0 Å². The Kier molecular flexibility index (Phi) is 7.71. The third-order valence-corrected chi connectivity index (χ3v) is 5.47. The number of ether oxygens (including phenoxy) is 3. The van der Waals surface area contributed by atoms with Crippen molar-refractivity contribution < 1.29 is 28.9 Å². The Bertz CT molecular complexity index is 892. The Balaban J connectivity index is 1.81. The zero-order chi connectivity index (χ0) is 22.3. The van der Waals surface area contributed by atoms with Crippen molar-refractivity contribution >= 4 is 25.0 Å². The average molecular weight is 441 g/mol. The number of hydrogen-bond donors (Lipinski definition) is 0. The highest BCUT2D eigenvalue weighted by atomic mass is 31.2. The Morgan fingerprint density at radius 1 is 0.645 bits per heavy atom. The molecule has 0 aliphatic rings. The molecule has 0 saturated heterocycles. The summed E-state index contributed by atoms with van der Waals surface area (Å²) in [6, 6.07) is 22.9. The first-order valence-corrected chi connectivity index (χ1v) is 11.4. The van der Waals surface area contributed by atoms with Crippen LogP contribution in [0.25, 0.3) is 0 Å². The minimum absolute atomic E-state index is 0.161. The van der Waals surface area contributed by atoms with Crippen LogP contribution in [0, 0.1) is 0 Å². The Labute approximate surface area is 182 Å². The van der Waals surface area contributed by atoms with Crippen molar-refractivity contribution in [3.8, 4) is 17.2 Å². The van der Waals surface area contributed by atoms with E-state index in [2.05, 4.69) is 4.90 Å². The van der Waals surface area contributed by atoms with Crippen LogP contribution in [0.5, 0.6) is 17.2 Å². The van der Waals surface area contributed by atoms with Gasteiger partial charge in [0.25, 0.3) is 0 Å². The molecule has 7 nitrogen and oxygen atoms in total. The summed E-state index contributed by atoms with van der Waals surface area (Å²) in [5.41, 5.74) is 2.80. The van der Waals surface area contributed by atoms with Gasteiger partial charge < -0.3 is 33.8 Å². The van der Waals surface area contributed by atoms with Gasteiger partial charge in [0.05, 0.1) is 20.8 Å². The van der Waals surface area contributed by atoms with Crippen LogP contribution >= 0.6 is 7.94 Å². The first-order valence-electron chi connectivity index (χ1n) is 9.72. The predicted molar refractivity (Wildman–Crippen MR) is 116 cm³/mol. The predicted octanol–water partition coefficient (Wildman–Crippen LogP) is 2.79. The second-order valence-corrected chi connectivity index (χ2v) is 8.43. The normalized spacial score (nSPS) is 11.1. The Morgan fingerprint density at radius 2 is 1.03 bits per heavy atom. The van der Waals surface area contributed by atoms with Gasteiger partial charge in [-0.15, -0.1) is 0 Å². The molecular weight excluding hydrogens is 417 g/mol. The molecule has 31 heavy (non-hydrogen) atoms. The summed E-state index contributed by atoms with van der Waals surface area (Å²) in [6.07, 6.45) is -0.246. The van der Waals surface area contributed by atoms with E-state index in [1.165, 1.54) is 0 Å². The highest BCUT2D eigenvalue weighted by Gasteiger charge is 2.13. The van der Waals surface area contributed by atoms with Crippen LogP contribution in [0.2, 0.25) is 0 Å². The largest absolute Gasteiger partial charge is 0.688 e. The van der Waals surface area contributed by atoms with Gasteiger partial charge in [0.15, 0.2) is 0 Å². The molecule has 0 saturated carbocycles. The summed E-state index contributed by atoms with van der Waals surface area (Å²) < 4.78 is 16.1. The lowest BCUT2D eigenvalue weighted by atomic mass is 10.2. The standard InChI is InChI=1S/C23H26NO6P/c1-28-21-10-4-18(5-11-21)24(19-6-12-22(29-2)13-7-19)20-8-14-23(15-9-20)30-16-3-17-31(25,26)27/h4-15H,3,16-17H2,1-2H3,(H2,25,26,27)/p-2. The number of nitrogens with zero attached hydrogens (tertiary/aromatic N) is 1. The summed E-state index contributed by atoms with van der Waals surface area (Å²) in [5, 5.41) is 0. The topological polar surface area (TPSA) is 100 Å². The number of benzene rings is 3. The molecule has 0 aromatic heterocycles. The summed E-state index contributed by atoms with van der Waals surface area (Å²) in [6.45, 7) is 0.161. The van der Waals surface area contributed by atoms with Crippen LogP contribution in [0.1, 0.15) is 6.42 Å². The van der Waals surface area contributed by atoms with Crippen LogP contribution in [-0.4, -0.2) is 27.0 Å². The van der Waals surface area contributed by atoms with Crippen molar-refractivity contribution in [2.45, 2.75) is 6.42 Å². The van der Waals surface area contributed by atoms with Crippen molar-refractivity contribution in [1.29, 1.82) is 0 Å². The van der Waals surface area contributed by atoms with Gasteiger partial charge in [-0.05, 0) is 72.8 Å². The second kappa shape index (κ2) is 10.5. The molecule has 164 valence electrons. The maximum Gasteiger partial charge on any atom is 0.119 e. The molecule has 0 amide bonds. The summed E-state index contributed by atoms with van der Waals surface area (Å²) in [7, 11) is -1.24. The van der Waals surface area contributed by atoms with E-state index in [1.807, 2.05) is 72.8 Å². The fourth-order valence-corrected chi connectivity index (χ4v) is 3.57. The highest BCUT2D eigenvalue weighted by Crippen LogP contribution is 2.36. The number of rotatable bonds is 10. The molecule has 0 spiro atoms. The van der Waals surface area contributed by atoms with E-state index in [9.17, 15) is 14.7 Å². The van der Waals surface area contributed by atoms with E-state index < -0.39 is 14.1 Å². The van der Waals surface area contributed by atoms with Gasteiger partial charge in [-0.3, -0.25) is 0 Å². The summed E-state index contributed by atoms with van der Waals surface area (Å²) in [5.74, 6) is 2.13. The maximum absolute atomic E-state index is 10.7. The first-order chi connectivity index (χ1) is 14.9. The zero-order valence-corrected chi connectivity index (χ0v) is 18.3. The van der Waals surface area contributed by atoms with Crippen molar-refractivity contribution in [2.24, 2.45) is 0 Å². The third kappa shape index (κ3) is 6.57. The van der Waals surface area contributed by atoms with E-state index in [-0.39, 0.29) is 13.0 Å². The molecule has 0 atom stereocenters. The monoisotopic (exact) mass is 441 g/mol. The summed E-state index contributed by atoms with van der Waals surface area (Å²) in [4.78, 5) is 34.2. The molecule has 0 fully saturated rings. The van der Waals surface area contributed by atoms with Crippen LogP contribution in [-0.2, 0) is 0 Å². The van der Waals surface area contributed by atoms with Crippen molar-refractivity contribution in [3.05, 3.63) is 72.8 Å². The van der Waals surface area contributed by atoms with Gasteiger partial charge in [-0.2, -0.15) is 7.94 Å². The summed E-state index contributed by atoms with van der Waals surface area (Å²) >= 11 is 0. The minimum Gasteiger partial charge on any atom is -0.688 e. The van der Waals surface area contributed by atoms with Gasteiger partial charge in [-0.25, -0.2) is 0 Å². The van der Waals surface area contributed by atoms with Gasteiger partial charge in [0.2, 0.25) is 0 Å². The highest BCUT2D eigenvalue weighted by molar-refractivity contribution is 7.54. The van der Waals surface area contributed by atoms with Crippen LogP contribution in [0.15, 0.2) is 72.8 Å². The molecule has 0 N–H and O–H groups in total. The smallest absolute Gasteiger partial charge is 0.119 e. The lowest BCUT2D eigenvalue weighted by molar-refractivity contribution is -0.427. The van der Waals surface area contributed by atoms with E-state index in [4.69, 9.17) is 14.2 Å². The quantitative estimate of drug-likeness (QED) is 0.352. The van der Waals surface area contributed by atoms with E-state index in [1.54, 1.807) is 14.2 Å². The molecule has 0 heterocycles. The first kappa shape index (κ1) is 22.8. The molecular formula is C23H24NO6P-2. The Morgan fingerprint density at radius 3 is 1.39 bits per heavy atom. The van der Waals surface area contributed by atoms with Crippen LogP contribution < -0.4 is 33.8 Å². The molecule has 3 aromatic carbocycles. The van der Waals surface area contributed by atoms with Crippen LogP contribution in [0.4, 0.5) is 17.1 Å². The van der Waals surface area contributed by atoms with Gasteiger partial charge in [0.1, 0.15) is 17.2 Å². The average Bonchev–Trinajstić information content (AvgIpc) is 2.78. The molecule has 0 bridgehead atoms. The van der Waals surface area contributed by atoms with E-state index in [0.29, 0.717) is 5.75 Å². The fourth-order valence-electron chi connectivity index (χ4n) is 3.05. The lowest BCUT2D eigenvalue weighted by Crippen LogP contribution is -2.35. The molecule has 0 aliphatic heterocycles. The fraction of sp³-hybridized carbons (Fsp3) is 0.217. The lowest BCUT2D eigenvalue weighted by Gasteiger charge is -2.42. The minimum atomic E-state index is -4.49. The SMILES string of the molecule is COc1ccc(N(c2ccc(OC)cc2)c2ccc(OCCC[P+]([O-])([O-])[O-])cc2)cc1. The molecule has 0 radical (unpaired) electrons.